The number of ether oxygens (including phenoxy) is 2. The Morgan fingerprint density at radius 2 is 1.89 bits per heavy atom. The van der Waals surface area contributed by atoms with Gasteiger partial charge in [0.25, 0.3) is 15.0 Å². The zero-order valence-electron chi connectivity index (χ0n) is 10.3. The molecule has 0 radical (unpaired) electrons. The molecular formula is C11H12ClNO5S. The van der Waals surface area contributed by atoms with Gasteiger partial charge >= 0.3 is 0 Å². The number of hydrogen-bond donors (Lipinski definition) is 0. The van der Waals surface area contributed by atoms with Gasteiger partial charge in [0.1, 0.15) is 13.2 Å². The van der Waals surface area contributed by atoms with Crippen molar-refractivity contribution in [2.75, 3.05) is 27.3 Å². The van der Waals surface area contributed by atoms with E-state index in [1.807, 2.05) is 0 Å². The van der Waals surface area contributed by atoms with Crippen LogP contribution in [0.5, 0.6) is 11.5 Å². The third-order valence-corrected chi connectivity index (χ3v) is 3.87. The van der Waals surface area contributed by atoms with Crippen LogP contribution in [0.4, 0.5) is 0 Å². The summed E-state index contributed by atoms with van der Waals surface area (Å²) in [6, 6.07) is 2.45. The van der Waals surface area contributed by atoms with E-state index < -0.39 is 9.05 Å². The molecule has 0 atom stereocenters. The van der Waals surface area contributed by atoms with Crippen molar-refractivity contribution in [1.82, 2.24) is 4.90 Å². The van der Waals surface area contributed by atoms with Crippen LogP contribution >= 0.6 is 10.7 Å². The van der Waals surface area contributed by atoms with Gasteiger partial charge in [0.05, 0.1) is 10.5 Å². The fraction of sp³-hybridized carbons (Fsp3) is 0.364. The fourth-order valence-corrected chi connectivity index (χ4v) is 2.44. The quantitative estimate of drug-likeness (QED) is 0.765. The van der Waals surface area contributed by atoms with E-state index in [1.54, 1.807) is 14.1 Å². The monoisotopic (exact) mass is 305 g/mol. The Bertz CT molecular complexity index is 626. The topological polar surface area (TPSA) is 72.9 Å². The number of amides is 1. The Morgan fingerprint density at radius 3 is 2.47 bits per heavy atom. The number of benzene rings is 1. The maximum atomic E-state index is 12.0. The highest BCUT2D eigenvalue weighted by Gasteiger charge is 2.26. The molecule has 1 amide bonds. The molecule has 0 spiro atoms. The van der Waals surface area contributed by atoms with Crippen molar-refractivity contribution in [1.29, 1.82) is 0 Å². The van der Waals surface area contributed by atoms with E-state index in [2.05, 4.69) is 0 Å². The lowest BCUT2D eigenvalue weighted by molar-refractivity contribution is 0.0816. The van der Waals surface area contributed by atoms with Crippen LogP contribution in [0.25, 0.3) is 0 Å². The molecule has 0 aliphatic carbocycles. The zero-order valence-corrected chi connectivity index (χ0v) is 11.9. The Morgan fingerprint density at radius 1 is 1.26 bits per heavy atom. The van der Waals surface area contributed by atoms with Crippen LogP contribution < -0.4 is 9.47 Å². The summed E-state index contributed by atoms with van der Waals surface area (Å²) in [5.41, 5.74) is 0.112. The van der Waals surface area contributed by atoms with Gasteiger partial charge in [0.2, 0.25) is 0 Å². The summed E-state index contributed by atoms with van der Waals surface area (Å²) in [6.07, 6.45) is 0. The first-order valence-electron chi connectivity index (χ1n) is 5.40. The van der Waals surface area contributed by atoms with E-state index >= 15 is 0 Å². The van der Waals surface area contributed by atoms with E-state index in [9.17, 15) is 13.2 Å². The summed E-state index contributed by atoms with van der Waals surface area (Å²) in [7, 11) is 4.47. The minimum Gasteiger partial charge on any atom is -0.486 e. The zero-order chi connectivity index (χ0) is 14.2. The number of nitrogens with zero attached hydrogens (tertiary/aromatic N) is 1. The van der Waals surface area contributed by atoms with Gasteiger partial charge < -0.3 is 14.4 Å². The minimum absolute atomic E-state index is 0.112. The second-order valence-electron chi connectivity index (χ2n) is 4.13. The summed E-state index contributed by atoms with van der Waals surface area (Å²) in [5.74, 6) is 0.0658. The first kappa shape index (κ1) is 14.0. The van der Waals surface area contributed by atoms with Crippen LogP contribution in [0, 0.1) is 0 Å². The second-order valence-corrected chi connectivity index (χ2v) is 6.70. The molecule has 19 heavy (non-hydrogen) atoms. The van der Waals surface area contributed by atoms with Gasteiger partial charge in [-0.15, -0.1) is 0 Å². The van der Waals surface area contributed by atoms with Crippen molar-refractivity contribution in [3.05, 3.63) is 17.7 Å². The Kier molecular flexibility index (Phi) is 3.60. The lowest BCUT2D eigenvalue weighted by Gasteiger charge is -2.22. The Labute approximate surface area is 115 Å². The first-order chi connectivity index (χ1) is 8.80. The molecule has 8 heteroatoms. The van der Waals surface area contributed by atoms with Crippen LogP contribution in [-0.4, -0.2) is 46.5 Å². The fourth-order valence-electron chi connectivity index (χ4n) is 1.67. The van der Waals surface area contributed by atoms with Gasteiger partial charge in [-0.05, 0) is 6.07 Å². The van der Waals surface area contributed by atoms with E-state index in [0.29, 0.717) is 6.61 Å². The summed E-state index contributed by atoms with van der Waals surface area (Å²) >= 11 is 0. The molecule has 1 aromatic carbocycles. The van der Waals surface area contributed by atoms with E-state index in [0.717, 1.165) is 0 Å². The van der Waals surface area contributed by atoms with Crippen molar-refractivity contribution in [2.24, 2.45) is 0 Å². The van der Waals surface area contributed by atoms with Crippen molar-refractivity contribution < 1.29 is 22.7 Å². The molecule has 1 aliphatic rings. The average molecular weight is 306 g/mol. The Balaban J connectivity index is 2.66. The van der Waals surface area contributed by atoms with E-state index in [-0.39, 0.29) is 34.5 Å². The van der Waals surface area contributed by atoms with Gasteiger partial charge in [0.15, 0.2) is 11.5 Å². The van der Waals surface area contributed by atoms with E-state index in [1.165, 1.54) is 17.0 Å². The third kappa shape index (κ3) is 2.76. The lowest BCUT2D eigenvalue weighted by atomic mass is 10.1. The van der Waals surface area contributed by atoms with Crippen molar-refractivity contribution in [2.45, 2.75) is 4.90 Å². The van der Waals surface area contributed by atoms with Gasteiger partial charge in [-0.1, -0.05) is 0 Å². The highest BCUT2D eigenvalue weighted by molar-refractivity contribution is 8.13. The molecule has 104 valence electrons. The molecule has 0 bridgehead atoms. The molecule has 0 saturated heterocycles. The SMILES string of the molecule is CN(C)C(=O)c1cc(S(=O)(=O)Cl)cc2c1OCCO2. The highest BCUT2D eigenvalue weighted by Crippen LogP contribution is 2.37. The number of carbonyl (C=O) groups is 1. The predicted octanol–water partition coefficient (Wildman–Crippen LogP) is 1.09. The third-order valence-electron chi connectivity index (χ3n) is 2.53. The van der Waals surface area contributed by atoms with Gasteiger partial charge in [-0.2, -0.15) is 0 Å². The molecular weight excluding hydrogens is 294 g/mol. The molecule has 0 saturated carbocycles. The van der Waals surface area contributed by atoms with Crippen LogP contribution in [0.3, 0.4) is 0 Å². The number of halogens is 1. The van der Waals surface area contributed by atoms with Crippen molar-refractivity contribution >= 4 is 25.6 Å². The summed E-state index contributed by atoms with van der Waals surface area (Å²) in [4.78, 5) is 13.2. The van der Waals surface area contributed by atoms with Crippen molar-refractivity contribution in [3.8, 4) is 11.5 Å². The van der Waals surface area contributed by atoms with Crippen LogP contribution in [0.15, 0.2) is 17.0 Å². The maximum absolute atomic E-state index is 12.0. The molecule has 2 rings (SSSR count). The highest BCUT2D eigenvalue weighted by atomic mass is 35.7. The van der Waals surface area contributed by atoms with Gasteiger partial charge in [-0.3, -0.25) is 4.79 Å². The summed E-state index contributed by atoms with van der Waals surface area (Å²) in [5, 5.41) is 0. The number of hydrogen-bond acceptors (Lipinski definition) is 5. The molecule has 1 aromatic rings. The first-order valence-corrected chi connectivity index (χ1v) is 7.71. The minimum atomic E-state index is -3.95. The molecule has 0 aromatic heterocycles. The molecule has 0 fully saturated rings. The van der Waals surface area contributed by atoms with Crippen molar-refractivity contribution in [3.63, 3.8) is 0 Å². The van der Waals surface area contributed by atoms with Crippen LogP contribution in [0.1, 0.15) is 10.4 Å². The standard InChI is InChI=1S/C11H12ClNO5S/c1-13(2)11(14)8-5-7(19(12,15)16)6-9-10(8)18-4-3-17-9/h5-6H,3-4H2,1-2H3. The molecule has 6 nitrogen and oxygen atoms in total. The number of rotatable bonds is 2. The smallest absolute Gasteiger partial charge is 0.261 e. The van der Waals surface area contributed by atoms with Gasteiger partial charge in [0, 0.05) is 30.8 Å². The number of carbonyl (C=O) groups excluding carboxylic acids is 1. The largest absolute Gasteiger partial charge is 0.486 e. The van der Waals surface area contributed by atoms with Gasteiger partial charge in [-0.25, -0.2) is 8.42 Å². The van der Waals surface area contributed by atoms with E-state index in [4.69, 9.17) is 20.2 Å². The molecule has 1 heterocycles. The Hall–Kier alpha value is -1.47. The molecule has 1 aliphatic heterocycles. The lowest BCUT2D eigenvalue weighted by Crippen LogP contribution is -2.25. The second kappa shape index (κ2) is 4.90. The summed E-state index contributed by atoms with van der Waals surface area (Å²) < 4.78 is 33.5. The van der Waals surface area contributed by atoms with Crippen LogP contribution in [-0.2, 0) is 9.05 Å². The number of fused-ring (bicyclic) bond motifs is 1. The molecule has 0 N–H and O–H groups in total. The predicted molar refractivity (Wildman–Crippen MR) is 68.5 cm³/mol. The average Bonchev–Trinajstić information content (AvgIpc) is 2.35. The normalized spacial score (nSPS) is 14.1. The van der Waals surface area contributed by atoms with Crippen LogP contribution in [0.2, 0.25) is 0 Å². The molecule has 0 unspecified atom stereocenters. The maximum Gasteiger partial charge on any atom is 0.261 e. The summed E-state index contributed by atoms with van der Waals surface area (Å²) in [6.45, 7) is 0.585.